The number of fused-ring (bicyclic) bond motifs is 1. The lowest BCUT2D eigenvalue weighted by Gasteiger charge is -2.29. The first-order valence-electron chi connectivity index (χ1n) is 9.63. The van der Waals surface area contributed by atoms with Crippen molar-refractivity contribution >= 4 is 29.7 Å². The number of carbonyl (C=O) groups is 1. The van der Waals surface area contributed by atoms with Gasteiger partial charge in [0.05, 0.1) is 6.42 Å². The molecule has 1 saturated carbocycles. The van der Waals surface area contributed by atoms with E-state index in [9.17, 15) is 4.79 Å². The number of nitrogens with one attached hydrogen (secondary N) is 1. The van der Waals surface area contributed by atoms with Gasteiger partial charge in [-0.1, -0.05) is 6.07 Å². The van der Waals surface area contributed by atoms with Gasteiger partial charge in [-0.25, -0.2) is 0 Å². The van der Waals surface area contributed by atoms with E-state index in [1.807, 2.05) is 18.2 Å². The number of rotatable bonds is 5. The van der Waals surface area contributed by atoms with Gasteiger partial charge in [-0.15, -0.1) is 12.4 Å². The molecule has 1 amide bonds. The first-order chi connectivity index (χ1) is 13.2. The van der Waals surface area contributed by atoms with E-state index in [4.69, 9.17) is 9.47 Å². The van der Waals surface area contributed by atoms with Crippen molar-refractivity contribution < 1.29 is 14.3 Å². The molecule has 7 heteroatoms. The van der Waals surface area contributed by atoms with Crippen LogP contribution in [0.2, 0.25) is 0 Å². The first-order valence-corrected chi connectivity index (χ1v) is 10.6. The number of halogens is 1. The Balaban J connectivity index is 0.00000192. The van der Waals surface area contributed by atoms with Crippen LogP contribution in [-0.2, 0) is 17.8 Å². The summed E-state index contributed by atoms with van der Waals surface area (Å²) in [6.45, 7) is 3.11. The molecule has 5 rings (SSSR count). The Bertz CT molecular complexity index is 836. The van der Waals surface area contributed by atoms with Crippen molar-refractivity contribution in [2.45, 2.75) is 38.3 Å². The molecular formula is C21H25ClN2O3S. The fourth-order valence-corrected chi connectivity index (χ4v) is 5.17. The Labute approximate surface area is 175 Å². The van der Waals surface area contributed by atoms with Gasteiger partial charge in [0.2, 0.25) is 12.7 Å². The second-order valence-electron chi connectivity index (χ2n) is 7.85. The van der Waals surface area contributed by atoms with E-state index < -0.39 is 0 Å². The minimum absolute atomic E-state index is 0. The number of nitrogens with zero attached hydrogens (tertiary/aromatic N) is 1. The Kier molecular flexibility index (Phi) is 5.54. The molecule has 2 aliphatic heterocycles. The normalized spacial score (nSPS) is 21.2. The number of carbonyl (C=O) groups excluding carboxylic acids is 1. The van der Waals surface area contributed by atoms with E-state index >= 15 is 0 Å². The maximum Gasteiger partial charge on any atom is 0.231 e. The molecule has 5 nitrogen and oxygen atoms in total. The third-order valence-electron chi connectivity index (χ3n) is 6.17. The quantitative estimate of drug-likeness (QED) is 0.802. The molecule has 28 heavy (non-hydrogen) atoms. The topological polar surface area (TPSA) is 50.8 Å². The Morgan fingerprint density at radius 1 is 1.18 bits per heavy atom. The Hall–Kier alpha value is -1.76. The maximum atomic E-state index is 13.3. The summed E-state index contributed by atoms with van der Waals surface area (Å²) in [7, 11) is 0. The van der Waals surface area contributed by atoms with Crippen LogP contribution < -0.4 is 14.8 Å². The molecular weight excluding hydrogens is 396 g/mol. The predicted molar refractivity (Wildman–Crippen MR) is 111 cm³/mol. The number of thiophene rings is 1. The maximum absolute atomic E-state index is 13.3. The highest BCUT2D eigenvalue weighted by Crippen LogP contribution is 2.56. The third-order valence-corrected chi connectivity index (χ3v) is 6.90. The SMILES string of the molecule is Cl.O=C(Cc1ccc2c(c1)OCO2)N(Cc1ccsc1)C1CC12CCNCC2. The fraction of sp³-hybridized carbons (Fsp3) is 0.476. The predicted octanol–water partition coefficient (Wildman–Crippen LogP) is 3.61. The molecule has 1 unspecified atom stereocenters. The van der Waals surface area contributed by atoms with E-state index in [1.54, 1.807) is 11.3 Å². The van der Waals surface area contributed by atoms with Gasteiger partial charge in [-0.3, -0.25) is 4.79 Å². The smallest absolute Gasteiger partial charge is 0.231 e. The molecule has 3 aliphatic rings. The zero-order chi connectivity index (χ0) is 18.3. The average molecular weight is 421 g/mol. The molecule has 0 radical (unpaired) electrons. The summed E-state index contributed by atoms with van der Waals surface area (Å²) in [4.78, 5) is 15.4. The number of benzene rings is 1. The molecule has 1 N–H and O–H groups in total. The van der Waals surface area contributed by atoms with Gasteiger partial charge in [0.1, 0.15) is 0 Å². The van der Waals surface area contributed by atoms with Crippen molar-refractivity contribution in [3.63, 3.8) is 0 Å². The van der Waals surface area contributed by atoms with Crippen LogP contribution in [0.3, 0.4) is 0 Å². The number of hydrogen-bond acceptors (Lipinski definition) is 5. The van der Waals surface area contributed by atoms with Crippen LogP contribution in [0.15, 0.2) is 35.0 Å². The van der Waals surface area contributed by atoms with Crippen LogP contribution in [0.5, 0.6) is 11.5 Å². The largest absolute Gasteiger partial charge is 0.454 e. The zero-order valence-electron chi connectivity index (χ0n) is 15.7. The van der Waals surface area contributed by atoms with E-state index in [-0.39, 0.29) is 25.1 Å². The monoisotopic (exact) mass is 420 g/mol. The standard InChI is InChI=1S/C21H24N2O3S.ClH/c24-20(10-15-1-2-17-18(9-15)26-14-25-17)23(12-16-3-8-27-13-16)19-11-21(19)4-6-22-7-5-21;/h1-3,8-9,13,19,22H,4-7,10-12,14H2;1H. The van der Waals surface area contributed by atoms with Gasteiger partial charge in [0.25, 0.3) is 0 Å². The highest BCUT2D eigenvalue weighted by molar-refractivity contribution is 7.07. The number of ether oxygens (including phenoxy) is 2. The van der Waals surface area contributed by atoms with Gasteiger partial charge in [-0.2, -0.15) is 11.3 Å². The molecule has 3 heterocycles. The first kappa shape index (κ1) is 19.6. The van der Waals surface area contributed by atoms with Gasteiger partial charge in [-0.05, 0) is 77.9 Å². The summed E-state index contributed by atoms with van der Waals surface area (Å²) in [5.74, 6) is 1.71. The van der Waals surface area contributed by atoms with Gasteiger partial charge < -0.3 is 19.7 Å². The van der Waals surface area contributed by atoms with E-state index in [2.05, 4.69) is 27.0 Å². The highest BCUT2D eigenvalue weighted by atomic mass is 35.5. The molecule has 1 atom stereocenters. The number of amides is 1. The van der Waals surface area contributed by atoms with Gasteiger partial charge in [0.15, 0.2) is 11.5 Å². The summed E-state index contributed by atoms with van der Waals surface area (Å²) >= 11 is 1.69. The zero-order valence-corrected chi connectivity index (χ0v) is 17.3. The van der Waals surface area contributed by atoms with Gasteiger partial charge in [0, 0.05) is 12.6 Å². The molecule has 1 aliphatic carbocycles. The Morgan fingerprint density at radius 2 is 2.00 bits per heavy atom. The summed E-state index contributed by atoms with van der Waals surface area (Å²) in [5, 5.41) is 7.69. The van der Waals surface area contributed by atoms with Crippen molar-refractivity contribution in [3.05, 3.63) is 46.2 Å². The van der Waals surface area contributed by atoms with Crippen molar-refractivity contribution in [2.75, 3.05) is 19.9 Å². The van der Waals surface area contributed by atoms with Crippen molar-refractivity contribution in [1.29, 1.82) is 0 Å². The summed E-state index contributed by atoms with van der Waals surface area (Å²) in [5.41, 5.74) is 2.56. The van der Waals surface area contributed by atoms with Gasteiger partial charge >= 0.3 is 0 Å². The van der Waals surface area contributed by atoms with Crippen LogP contribution in [0, 0.1) is 5.41 Å². The molecule has 1 aromatic heterocycles. The lowest BCUT2D eigenvalue weighted by Crippen LogP contribution is -2.39. The van der Waals surface area contributed by atoms with Crippen LogP contribution in [0.25, 0.3) is 0 Å². The van der Waals surface area contributed by atoms with E-state index in [1.165, 1.54) is 18.4 Å². The molecule has 0 bridgehead atoms. The minimum Gasteiger partial charge on any atom is -0.454 e. The number of piperidine rings is 1. The minimum atomic E-state index is 0. The fourth-order valence-electron chi connectivity index (χ4n) is 4.51. The summed E-state index contributed by atoms with van der Waals surface area (Å²) in [6, 6.07) is 8.32. The van der Waals surface area contributed by atoms with Crippen LogP contribution in [0.1, 0.15) is 30.4 Å². The third kappa shape index (κ3) is 3.73. The van der Waals surface area contributed by atoms with Crippen molar-refractivity contribution in [2.24, 2.45) is 5.41 Å². The van der Waals surface area contributed by atoms with Crippen molar-refractivity contribution in [1.82, 2.24) is 10.2 Å². The van der Waals surface area contributed by atoms with Crippen LogP contribution >= 0.6 is 23.7 Å². The molecule has 2 aromatic rings. The van der Waals surface area contributed by atoms with E-state index in [0.717, 1.165) is 36.6 Å². The number of hydrogen-bond donors (Lipinski definition) is 1. The molecule has 1 spiro atoms. The summed E-state index contributed by atoms with van der Waals surface area (Å²) < 4.78 is 10.8. The molecule has 2 fully saturated rings. The van der Waals surface area contributed by atoms with Crippen molar-refractivity contribution in [3.8, 4) is 11.5 Å². The highest BCUT2D eigenvalue weighted by Gasteiger charge is 2.57. The average Bonchev–Trinajstić information content (AvgIpc) is 3.09. The van der Waals surface area contributed by atoms with E-state index in [0.29, 0.717) is 24.4 Å². The second kappa shape index (κ2) is 7.93. The summed E-state index contributed by atoms with van der Waals surface area (Å²) in [6.07, 6.45) is 3.90. The molecule has 1 saturated heterocycles. The lowest BCUT2D eigenvalue weighted by atomic mass is 9.93. The molecule has 150 valence electrons. The lowest BCUT2D eigenvalue weighted by molar-refractivity contribution is -0.132. The Morgan fingerprint density at radius 3 is 2.79 bits per heavy atom. The van der Waals surface area contributed by atoms with Crippen LogP contribution in [-0.4, -0.2) is 36.7 Å². The second-order valence-corrected chi connectivity index (χ2v) is 8.63. The molecule has 1 aromatic carbocycles. The van der Waals surface area contributed by atoms with Crippen LogP contribution in [0.4, 0.5) is 0 Å².